The summed E-state index contributed by atoms with van der Waals surface area (Å²) in [6.07, 6.45) is 0.333. The zero-order chi connectivity index (χ0) is 21.2. The maximum atomic E-state index is 12.6. The minimum atomic E-state index is -0.0946. The Morgan fingerprint density at radius 2 is 1.79 bits per heavy atom. The number of nitrogens with zero attached hydrogens (tertiary/aromatic N) is 5. The van der Waals surface area contributed by atoms with E-state index >= 15 is 0 Å². The van der Waals surface area contributed by atoms with Crippen molar-refractivity contribution in [1.29, 1.82) is 0 Å². The van der Waals surface area contributed by atoms with Crippen molar-refractivity contribution >= 4 is 5.91 Å². The Hall–Kier alpha value is -2.48. The van der Waals surface area contributed by atoms with Crippen LogP contribution in [0.5, 0.6) is 0 Å². The third-order valence-corrected chi connectivity index (χ3v) is 5.50. The molecule has 2 aromatic rings. The van der Waals surface area contributed by atoms with Gasteiger partial charge in [0.2, 0.25) is 5.91 Å². The van der Waals surface area contributed by atoms with Crippen molar-refractivity contribution in [2.75, 3.05) is 32.7 Å². The van der Waals surface area contributed by atoms with Gasteiger partial charge >= 0.3 is 0 Å². The van der Waals surface area contributed by atoms with E-state index in [0.29, 0.717) is 31.8 Å². The fourth-order valence-electron chi connectivity index (χ4n) is 3.48. The van der Waals surface area contributed by atoms with Gasteiger partial charge in [-0.05, 0) is 19.9 Å². The smallest absolute Gasteiger partial charge is 0.266 e. The number of carbonyl (C=O) groups is 1. The standard InChI is InChI=1S/C21H31N5O3/c1-15-17(16(2)29-23-15)14-20(28)25-11-8-24(9-12-25)10-13-26-19(27)7-6-18(22-26)21(3,4)5/h6-7H,8-14H2,1-5H3. The van der Waals surface area contributed by atoms with E-state index in [1.807, 2.05) is 24.8 Å². The average molecular weight is 402 g/mol. The number of aromatic nitrogens is 3. The Morgan fingerprint density at radius 1 is 1.10 bits per heavy atom. The number of piperazine rings is 1. The number of hydrogen-bond donors (Lipinski definition) is 0. The fourth-order valence-corrected chi connectivity index (χ4v) is 3.48. The molecule has 1 fully saturated rings. The molecule has 0 aliphatic carbocycles. The van der Waals surface area contributed by atoms with Gasteiger partial charge in [0, 0.05) is 49.8 Å². The summed E-state index contributed by atoms with van der Waals surface area (Å²) in [5.41, 5.74) is 2.41. The summed E-state index contributed by atoms with van der Waals surface area (Å²) < 4.78 is 6.70. The minimum absolute atomic E-state index is 0.0775. The molecule has 8 nitrogen and oxygen atoms in total. The zero-order valence-corrected chi connectivity index (χ0v) is 18.1. The molecule has 0 unspecified atom stereocenters. The third-order valence-electron chi connectivity index (χ3n) is 5.50. The molecule has 0 saturated carbocycles. The second-order valence-electron chi connectivity index (χ2n) is 8.73. The van der Waals surface area contributed by atoms with Crippen LogP contribution in [0.3, 0.4) is 0 Å². The summed E-state index contributed by atoms with van der Waals surface area (Å²) in [6.45, 7) is 14.2. The molecule has 0 N–H and O–H groups in total. The van der Waals surface area contributed by atoms with E-state index in [9.17, 15) is 9.59 Å². The molecule has 8 heteroatoms. The molecule has 0 radical (unpaired) electrons. The molecule has 0 spiro atoms. The molecule has 1 amide bonds. The number of rotatable bonds is 5. The van der Waals surface area contributed by atoms with Gasteiger partial charge in [-0.3, -0.25) is 14.5 Å². The number of amides is 1. The van der Waals surface area contributed by atoms with E-state index < -0.39 is 0 Å². The van der Waals surface area contributed by atoms with Gasteiger partial charge in [-0.15, -0.1) is 0 Å². The maximum Gasteiger partial charge on any atom is 0.266 e. The SMILES string of the molecule is Cc1noc(C)c1CC(=O)N1CCN(CCn2nc(C(C)(C)C)ccc2=O)CC1. The first-order valence-electron chi connectivity index (χ1n) is 10.2. The van der Waals surface area contributed by atoms with Gasteiger partial charge in [0.25, 0.3) is 5.56 Å². The number of carbonyl (C=O) groups excluding carboxylic acids is 1. The van der Waals surface area contributed by atoms with Gasteiger partial charge in [-0.1, -0.05) is 25.9 Å². The highest BCUT2D eigenvalue weighted by atomic mass is 16.5. The molecular formula is C21H31N5O3. The Kier molecular flexibility index (Phi) is 6.21. The quantitative estimate of drug-likeness (QED) is 0.756. The largest absolute Gasteiger partial charge is 0.361 e. The molecule has 1 aliphatic rings. The van der Waals surface area contributed by atoms with Gasteiger partial charge in [-0.25, -0.2) is 4.68 Å². The third kappa shape index (κ3) is 5.12. The van der Waals surface area contributed by atoms with Crippen LogP contribution in [0.15, 0.2) is 21.5 Å². The Morgan fingerprint density at radius 3 is 2.38 bits per heavy atom. The van der Waals surface area contributed by atoms with Gasteiger partial charge in [0.05, 0.1) is 24.4 Å². The van der Waals surface area contributed by atoms with Crippen molar-refractivity contribution in [1.82, 2.24) is 24.7 Å². The van der Waals surface area contributed by atoms with Gasteiger partial charge in [0.15, 0.2) is 0 Å². The fraction of sp³-hybridized carbons (Fsp3) is 0.619. The van der Waals surface area contributed by atoms with Crippen LogP contribution in [0.25, 0.3) is 0 Å². The van der Waals surface area contributed by atoms with Crippen LogP contribution in [-0.2, 0) is 23.2 Å². The molecule has 1 aliphatic heterocycles. The van der Waals surface area contributed by atoms with Crippen molar-refractivity contribution < 1.29 is 9.32 Å². The normalized spacial score (nSPS) is 15.7. The molecule has 1 saturated heterocycles. The van der Waals surface area contributed by atoms with Crippen molar-refractivity contribution in [2.45, 2.75) is 53.0 Å². The molecule has 3 rings (SSSR count). The monoisotopic (exact) mass is 401 g/mol. The average Bonchev–Trinajstić information content (AvgIpc) is 2.99. The highest BCUT2D eigenvalue weighted by molar-refractivity contribution is 5.79. The van der Waals surface area contributed by atoms with Crippen LogP contribution in [0.4, 0.5) is 0 Å². The van der Waals surface area contributed by atoms with Crippen molar-refractivity contribution in [2.24, 2.45) is 0 Å². The first-order chi connectivity index (χ1) is 13.6. The lowest BCUT2D eigenvalue weighted by atomic mass is 9.92. The van der Waals surface area contributed by atoms with Crippen LogP contribution in [-0.4, -0.2) is 63.4 Å². The highest BCUT2D eigenvalue weighted by Crippen LogP contribution is 2.18. The van der Waals surface area contributed by atoms with E-state index in [4.69, 9.17) is 4.52 Å². The van der Waals surface area contributed by atoms with Gasteiger partial charge in [0.1, 0.15) is 5.76 Å². The highest BCUT2D eigenvalue weighted by Gasteiger charge is 2.23. The molecule has 3 heterocycles. The van der Waals surface area contributed by atoms with Crippen LogP contribution < -0.4 is 5.56 Å². The number of hydrogen-bond acceptors (Lipinski definition) is 6. The second kappa shape index (κ2) is 8.49. The molecule has 29 heavy (non-hydrogen) atoms. The molecule has 2 aromatic heterocycles. The van der Waals surface area contributed by atoms with Crippen LogP contribution >= 0.6 is 0 Å². The lowest BCUT2D eigenvalue weighted by molar-refractivity contribution is -0.132. The minimum Gasteiger partial charge on any atom is -0.361 e. The van der Waals surface area contributed by atoms with E-state index in [0.717, 1.165) is 36.6 Å². The summed E-state index contributed by atoms with van der Waals surface area (Å²) in [5, 5.41) is 8.45. The molecule has 0 atom stereocenters. The Labute approximate surface area is 171 Å². The summed E-state index contributed by atoms with van der Waals surface area (Å²) in [5.74, 6) is 0.819. The van der Waals surface area contributed by atoms with Crippen LogP contribution in [0, 0.1) is 13.8 Å². The predicted molar refractivity (Wildman–Crippen MR) is 110 cm³/mol. The first kappa shape index (κ1) is 21.2. The number of aryl methyl sites for hydroxylation is 2. The Balaban J connectivity index is 1.52. The van der Waals surface area contributed by atoms with Crippen molar-refractivity contribution in [3.05, 3.63) is 45.2 Å². The van der Waals surface area contributed by atoms with Gasteiger partial charge < -0.3 is 9.42 Å². The summed E-state index contributed by atoms with van der Waals surface area (Å²) in [6, 6.07) is 3.40. The van der Waals surface area contributed by atoms with E-state index in [1.165, 1.54) is 0 Å². The van der Waals surface area contributed by atoms with E-state index in [1.54, 1.807) is 10.7 Å². The maximum absolute atomic E-state index is 12.6. The molecule has 158 valence electrons. The first-order valence-corrected chi connectivity index (χ1v) is 10.2. The summed E-state index contributed by atoms with van der Waals surface area (Å²) >= 11 is 0. The molecule has 0 aromatic carbocycles. The van der Waals surface area contributed by atoms with Crippen LogP contribution in [0.2, 0.25) is 0 Å². The van der Waals surface area contributed by atoms with Crippen molar-refractivity contribution in [3.63, 3.8) is 0 Å². The summed E-state index contributed by atoms with van der Waals surface area (Å²) in [7, 11) is 0. The molecule has 0 bridgehead atoms. The van der Waals surface area contributed by atoms with E-state index in [-0.39, 0.29) is 16.9 Å². The molecular weight excluding hydrogens is 370 g/mol. The van der Waals surface area contributed by atoms with E-state index in [2.05, 4.69) is 35.9 Å². The second-order valence-corrected chi connectivity index (χ2v) is 8.73. The topological polar surface area (TPSA) is 84.5 Å². The van der Waals surface area contributed by atoms with Crippen LogP contribution in [0.1, 0.15) is 43.5 Å². The Bertz CT molecular complexity index is 898. The summed E-state index contributed by atoms with van der Waals surface area (Å²) in [4.78, 5) is 28.9. The van der Waals surface area contributed by atoms with Gasteiger partial charge in [-0.2, -0.15) is 5.10 Å². The predicted octanol–water partition coefficient (Wildman–Crippen LogP) is 1.53. The zero-order valence-electron chi connectivity index (χ0n) is 18.1. The van der Waals surface area contributed by atoms with Crippen molar-refractivity contribution in [3.8, 4) is 0 Å². The lowest BCUT2D eigenvalue weighted by Crippen LogP contribution is -2.50. The lowest BCUT2D eigenvalue weighted by Gasteiger charge is -2.34.